The molecule has 1 unspecified atom stereocenters. The molecule has 3 aromatic rings. The largest absolute Gasteiger partial charge is 0.351 e. The van der Waals surface area contributed by atoms with E-state index in [0.29, 0.717) is 5.69 Å². The monoisotopic (exact) mass is 420 g/mol. The van der Waals surface area contributed by atoms with E-state index in [0.717, 1.165) is 36.1 Å². The number of carbonyl (C=O) groups is 2. The summed E-state index contributed by atoms with van der Waals surface area (Å²) in [6, 6.07) is 10.8. The van der Waals surface area contributed by atoms with Crippen molar-refractivity contribution >= 4 is 28.8 Å². The second-order valence-corrected chi connectivity index (χ2v) is 8.49. The summed E-state index contributed by atoms with van der Waals surface area (Å²) in [5.41, 5.74) is 1.87. The van der Waals surface area contributed by atoms with Crippen LogP contribution in [0.25, 0.3) is 0 Å². The van der Waals surface area contributed by atoms with E-state index < -0.39 is 6.04 Å². The van der Waals surface area contributed by atoms with Gasteiger partial charge in [0.25, 0.3) is 5.91 Å². The van der Waals surface area contributed by atoms with Crippen molar-refractivity contribution < 1.29 is 9.59 Å². The lowest BCUT2D eigenvalue weighted by Gasteiger charge is -2.31. The molecule has 6 nitrogen and oxygen atoms in total. The first-order valence-electron chi connectivity index (χ1n) is 10.1. The van der Waals surface area contributed by atoms with Crippen molar-refractivity contribution in [2.45, 2.75) is 44.7 Å². The molecule has 4 rings (SSSR count). The zero-order chi connectivity index (χ0) is 20.9. The van der Waals surface area contributed by atoms with Gasteiger partial charge in [-0.2, -0.15) is 0 Å². The third-order valence-corrected chi connectivity index (χ3v) is 6.23. The number of hydrogen-bond donors (Lipinski definition) is 1. The minimum absolute atomic E-state index is 0.158. The van der Waals surface area contributed by atoms with Gasteiger partial charge in [0.2, 0.25) is 5.91 Å². The van der Waals surface area contributed by atoms with Gasteiger partial charge in [0.05, 0.1) is 6.20 Å². The van der Waals surface area contributed by atoms with Crippen LogP contribution in [-0.4, -0.2) is 27.8 Å². The van der Waals surface area contributed by atoms with Gasteiger partial charge in [-0.15, -0.1) is 11.3 Å². The third-order valence-electron chi connectivity index (χ3n) is 5.30. The molecule has 154 valence electrons. The number of nitrogens with zero attached hydrogens (tertiary/aromatic N) is 3. The second kappa shape index (κ2) is 9.17. The Morgan fingerprint density at radius 2 is 2.00 bits per heavy atom. The minimum Gasteiger partial charge on any atom is -0.351 e. The fourth-order valence-electron chi connectivity index (χ4n) is 3.87. The molecule has 2 amide bonds. The van der Waals surface area contributed by atoms with Crippen LogP contribution in [0.1, 0.15) is 52.7 Å². The Bertz CT molecular complexity index is 1000. The van der Waals surface area contributed by atoms with E-state index in [1.165, 1.54) is 29.9 Å². The lowest BCUT2D eigenvalue weighted by Crippen LogP contribution is -2.46. The van der Waals surface area contributed by atoms with Gasteiger partial charge in [0.15, 0.2) is 6.04 Å². The molecule has 0 radical (unpaired) electrons. The van der Waals surface area contributed by atoms with E-state index in [1.807, 2.05) is 48.7 Å². The molecule has 1 fully saturated rings. The van der Waals surface area contributed by atoms with Crippen molar-refractivity contribution in [3.63, 3.8) is 0 Å². The molecule has 0 aliphatic heterocycles. The van der Waals surface area contributed by atoms with Crippen molar-refractivity contribution in [2.75, 3.05) is 4.90 Å². The first-order chi connectivity index (χ1) is 14.6. The predicted octanol–water partition coefficient (Wildman–Crippen LogP) is 4.29. The number of aromatic nitrogens is 2. The third kappa shape index (κ3) is 4.41. The molecule has 1 aliphatic rings. The van der Waals surface area contributed by atoms with E-state index in [2.05, 4.69) is 15.3 Å². The molecular weight excluding hydrogens is 396 g/mol. The van der Waals surface area contributed by atoms with Crippen LogP contribution < -0.4 is 10.2 Å². The standard InChI is InChI=1S/C23H24N4O2S/c1-16-6-4-9-18(14-16)27(23(29)19-15-24-11-12-25-19)21(20-10-5-13-30-20)22(28)26-17-7-2-3-8-17/h4-6,9-15,17,21H,2-3,7-8H2,1H3,(H,26,28). The topological polar surface area (TPSA) is 75.2 Å². The predicted molar refractivity (Wildman–Crippen MR) is 117 cm³/mol. The Morgan fingerprint density at radius 1 is 1.17 bits per heavy atom. The molecule has 0 spiro atoms. The van der Waals surface area contributed by atoms with Gasteiger partial charge in [-0.1, -0.05) is 31.0 Å². The lowest BCUT2D eigenvalue weighted by molar-refractivity contribution is -0.123. The normalized spacial score (nSPS) is 15.0. The van der Waals surface area contributed by atoms with Crippen LogP contribution in [0, 0.1) is 6.92 Å². The number of anilines is 1. The Balaban J connectivity index is 1.78. The SMILES string of the molecule is Cc1cccc(N(C(=O)c2cnccn2)C(C(=O)NC2CCCC2)c2cccs2)c1. The molecule has 7 heteroatoms. The molecule has 1 aromatic carbocycles. The molecule has 30 heavy (non-hydrogen) atoms. The number of aryl methyl sites for hydroxylation is 1. The van der Waals surface area contributed by atoms with E-state index in [1.54, 1.807) is 4.90 Å². The van der Waals surface area contributed by atoms with E-state index in [-0.39, 0.29) is 23.6 Å². The van der Waals surface area contributed by atoms with Gasteiger partial charge in [-0.05, 0) is 48.9 Å². The number of benzene rings is 1. The summed E-state index contributed by atoms with van der Waals surface area (Å²) in [6.45, 7) is 1.97. The van der Waals surface area contributed by atoms with Crippen LogP contribution in [-0.2, 0) is 4.79 Å². The zero-order valence-corrected chi connectivity index (χ0v) is 17.6. The Labute approximate surface area is 180 Å². The van der Waals surface area contributed by atoms with Crippen molar-refractivity contribution in [3.05, 3.63) is 76.5 Å². The highest BCUT2D eigenvalue weighted by Crippen LogP contribution is 2.33. The van der Waals surface area contributed by atoms with Crippen LogP contribution in [0.5, 0.6) is 0 Å². The fourth-order valence-corrected chi connectivity index (χ4v) is 4.68. The van der Waals surface area contributed by atoms with Crippen LogP contribution in [0.15, 0.2) is 60.4 Å². The van der Waals surface area contributed by atoms with E-state index in [9.17, 15) is 9.59 Å². The zero-order valence-electron chi connectivity index (χ0n) is 16.8. The highest BCUT2D eigenvalue weighted by Gasteiger charge is 2.36. The summed E-state index contributed by atoms with van der Waals surface area (Å²) in [5, 5.41) is 5.10. The summed E-state index contributed by atoms with van der Waals surface area (Å²) in [7, 11) is 0. The Morgan fingerprint density at radius 3 is 2.67 bits per heavy atom. The van der Waals surface area contributed by atoms with Gasteiger partial charge in [-0.3, -0.25) is 19.5 Å². The molecular formula is C23H24N4O2S. The van der Waals surface area contributed by atoms with Gasteiger partial charge in [0.1, 0.15) is 5.69 Å². The smallest absolute Gasteiger partial charge is 0.279 e. The van der Waals surface area contributed by atoms with Crippen LogP contribution >= 0.6 is 11.3 Å². The van der Waals surface area contributed by atoms with Gasteiger partial charge >= 0.3 is 0 Å². The number of rotatable bonds is 6. The summed E-state index contributed by atoms with van der Waals surface area (Å²) in [4.78, 5) is 37.7. The average molecular weight is 421 g/mol. The fraction of sp³-hybridized carbons (Fsp3) is 0.304. The van der Waals surface area contributed by atoms with Crippen molar-refractivity contribution in [2.24, 2.45) is 0 Å². The summed E-state index contributed by atoms with van der Waals surface area (Å²) >= 11 is 1.47. The number of nitrogens with one attached hydrogen (secondary N) is 1. The minimum atomic E-state index is -0.776. The van der Waals surface area contributed by atoms with Crippen LogP contribution in [0.2, 0.25) is 0 Å². The summed E-state index contributed by atoms with van der Waals surface area (Å²) in [6.07, 6.45) is 8.64. The molecule has 0 bridgehead atoms. The lowest BCUT2D eigenvalue weighted by atomic mass is 10.1. The highest BCUT2D eigenvalue weighted by atomic mass is 32.1. The van der Waals surface area contributed by atoms with Crippen molar-refractivity contribution in [1.82, 2.24) is 15.3 Å². The molecule has 2 aromatic heterocycles. The van der Waals surface area contributed by atoms with Gasteiger partial charge in [0, 0.05) is 29.0 Å². The Kier molecular flexibility index (Phi) is 6.18. The van der Waals surface area contributed by atoms with Gasteiger partial charge < -0.3 is 5.32 Å². The van der Waals surface area contributed by atoms with Crippen molar-refractivity contribution in [3.8, 4) is 0 Å². The summed E-state index contributed by atoms with van der Waals surface area (Å²) in [5.74, 6) is -0.517. The molecule has 0 saturated heterocycles. The van der Waals surface area contributed by atoms with Gasteiger partial charge in [-0.25, -0.2) is 4.98 Å². The maximum atomic E-state index is 13.6. The van der Waals surface area contributed by atoms with Crippen LogP contribution in [0.4, 0.5) is 5.69 Å². The highest BCUT2D eigenvalue weighted by molar-refractivity contribution is 7.10. The maximum Gasteiger partial charge on any atom is 0.279 e. The maximum absolute atomic E-state index is 13.6. The number of amides is 2. The molecule has 1 N–H and O–H groups in total. The molecule has 1 aliphatic carbocycles. The molecule has 1 saturated carbocycles. The summed E-state index contributed by atoms with van der Waals surface area (Å²) < 4.78 is 0. The first kappa shape index (κ1) is 20.2. The second-order valence-electron chi connectivity index (χ2n) is 7.51. The molecule has 1 atom stereocenters. The quantitative estimate of drug-likeness (QED) is 0.645. The number of carbonyl (C=O) groups excluding carboxylic acids is 2. The van der Waals surface area contributed by atoms with E-state index in [4.69, 9.17) is 0 Å². The van der Waals surface area contributed by atoms with E-state index >= 15 is 0 Å². The number of hydrogen-bond acceptors (Lipinski definition) is 5. The number of thiophene rings is 1. The molecule has 2 heterocycles. The first-order valence-corrected chi connectivity index (χ1v) is 11.0. The Hall–Kier alpha value is -3.06. The van der Waals surface area contributed by atoms with Crippen LogP contribution in [0.3, 0.4) is 0 Å². The average Bonchev–Trinajstić information content (AvgIpc) is 3.46. The van der Waals surface area contributed by atoms with Crippen molar-refractivity contribution in [1.29, 1.82) is 0 Å².